The lowest BCUT2D eigenvalue weighted by molar-refractivity contribution is -0.0508. The Kier molecular flexibility index (Phi) is 5.19. The first-order valence-corrected chi connectivity index (χ1v) is 6.83. The third-order valence-electron chi connectivity index (χ3n) is 3.27. The van der Waals surface area contributed by atoms with E-state index < -0.39 is 0 Å². The molecule has 0 amide bonds. The average molecular weight is 265 g/mol. The molecular weight excluding hydrogens is 242 g/mol. The highest BCUT2D eigenvalue weighted by atomic mass is 16.5. The number of β-amino-alcohol motifs (C(OH)–C–C–N with tert-alkyl or cyclic N) is 1. The van der Waals surface area contributed by atoms with Crippen LogP contribution in [0.15, 0.2) is 18.2 Å². The zero-order valence-corrected chi connectivity index (χ0v) is 11.8. The summed E-state index contributed by atoms with van der Waals surface area (Å²) >= 11 is 0. The van der Waals surface area contributed by atoms with Crippen LogP contribution < -0.4 is 4.74 Å². The van der Waals surface area contributed by atoms with Crippen LogP contribution in [0.25, 0.3) is 0 Å². The highest BCUT2D eigenvalue weighted by Gasteiger charge is 2.20. The molecule has 1 unspecified atom stereocenters. The highest BCUT2D eigenvalue weighted by Crippen LogP contribution is 2.17. The molecule has 19 heavy (non-hydrogen) atoms. The summed E-state index contributed by atoms with van der Waals surface area (Å²) in [4.78, 5) is 2.21. The van der Waals surface area contributed by atoms with E-state index >= 15 is 0 Å². The molecule has 106 valence electrons. The summed E-state index contributed by atoms with van der Waals surface area (Å²) in [6.07, 6.45) is 0.0844. The van der Waals surface area contributed by atoms with Crippen LogP contribution in [0.4, 0.5) is 0 Å². The molecule has 2 rings (SSSR count). The van der Waals surface area contributed by atoms with Crippen molar-refractivity contribution in [2.45, 2.75) is 20.0 Å². The van der Waals surface area contributed by atoms with E-state index in [4.69, 9.17) is 14.6 Å². The molecule has 0 spiro atoms. The molecule has 1 aromatic carbocycles. The number of ether oxygens (including phenoxy) is 2. The van der Waals surface area contributed by atoms with Crippen molar-refractivity contribution in [3.05, 3.63) is 29.3 Å². The molecule has 1 aliphatic rings. The third kappa shape index (κ3) is 4.49. The number of benzene rings is 1. The standard InChI is InChI=1S/C15H23NO3/c1-12-7-13(2)9-14(8-12)19-11-15-10-16(3-5-17)4-6-18-15/h7-9,15,17H,3-6,10-11H2,1-2H3. The zero-order chi connectivity index (χ0) is 13.7. The molecule has 1 aliphatic heterocycles. The van der Waals surface area contributed by atoms with Gasteiger partial charge in [0.15, 0.2) is 0 Å². The molecule has 1 fully saturated rings. The average Bonchev–Trinajstić information content (AvgIpc) is 2.36. The van der Waals surface area contributed by atoms with Gasteiger partial charge in [-0.1, -0.05) is 6.07 Å². The van der Waals surface area contributed by atoms with E-state index in [9.17, 15) is 0 Å². The van der Waals surface area contributed by atoms with Gasteiger partial charge in [-0.2, -0.15) is 0 Å². The predicted molar refractivity (Wildman–Crippen MR) is 74.7 cm³/mol. The summed E-state index contributed by atoms with van der Waals surface area (Å²) in [6.45, 7) is 8.03. The van der Waals surface area contributed by atoms with Gasteiger partial charge in [-0.25, -0.2) is 0 Å². The molecular formula is C15H23NO3. The monoisotopic (exact) mass is 265 g/mol. The maximum atomic E-state index is 8.96. The summed E-state index contributed by atoms with van der Waals surface area (Å²) < 4.78 is 11.5. The lowest BCUT2D eigenvalue weighted by Gasteiger charge is -2.32. The third-order valence-corrected chi connectivity index (χ3v) is 3.27. The van der Waals surface area contributed by atoms with Gasteiger partial charge in [-0.3, -0.25) is 4.90 Å². The van der Waals surface area contributed by atoms with Crippen molar-refractivity contribution in [2.75, 3.05) is 39.5 Å². The van der Waals surface area contributed by atoms with E-state index in [1.54, 1.807) is 0 Å². The Balaban J connectivity index is 1.84. The van der Waals surface area contributed by atoms with Crippen LogP contribution in [0.1, 0.15) is 11.1 Å². The summed E-state index contributed by atoms with van der Waals surface area (Å²) in [5.74, 6) is 0.903. The van der Waals surface area contributed by atoms with E-state index in [-0.39, 0.29) is 12.7 Å². The number of rotatable bonds is 5. The van der Waals surface area contributed by atoms with Gasteiger partial charge in [0.2, 0.25) is 0 Å². The minimum absolute atomic E-state index is 0.0844. The number of aliphatic hydroxyl groups excluding tert-OH is 1. The maximum absolute atomic E-state index is 8.96. The first-order chi connectivity index (χ1) is 9.17. The molecule has 1 atom stereocenters. The van der Waals surface area contributed by atoms with E-state index in [0.717, 1.165) is 18.8 Å². The van der Waals surface area contributed by atoms with Gasteiger partial charge in [0.05, 0.1) is 13.2 Å². The molecule has 0 aliphatic carbocycles. The first-order valence-electron chi connectivity index (χ1n) is 6.83. The van der Waals surface area contributed by atoms with Gasteiger partial charge in [0.25, 0.3) is 0 Å². The molecule has 0 radical (unpaired) electrons. The largest absolute Gasteiger partial charge is 0.491 e. The maximum Gasteiger partial charge on any atom is 0.119 e. The van der Waals surface area contributed by atoms with Crippen LogP contribution >= 0.6 is 0 Å². The summed E-state index contributed by atoms with van der Waals surface area (Å²) in [6, 6.07) is 6.22. The van der Waals surface area contributed by atoms with Crippen LogP contribution in [-0.4, -0.2) is 55.6 Å². The molecule has 0 bridgehead atoms. The van der Waals surface area contributed by atoms with Crippen molar-refractivity contribution in [3.63, 3.8) is 0 Å². The van der Waals surface area contributed by atoms with E-state index in [1.165, 1.54) is 11.1 Å². The molecule has 0 aromatic heterocycles. The zero-order valence-electron chi connectivity index (χ0n) is 11.8. The summed E-state index contributed by atoms with van der Waals surface area (Å²) in [5.41, 5.74) is 2.42. The highest BCUT2D eigenvalue weighted by molar-refractivity contribution is 5.32. The Morgan fingerprint density at radius 3 is 2.74 bits per heavy atom. The number of hydrogen-bond acceptors (Lipinski definition) is 4. The van der Waals surface area contributed by atoms with Crippen LogP contribution in [-0.2, 0) is 4.74 Å². The SMILES string of the molecule is Cc1cc(C)cc(OCC2CN(CCO)CCO2)c1. The van der Waals surface area contributed by atoms with Gasteiger partial charge < -0.3 is 14.6 Å². The predicted octanol–water partition coefficient (Wildman–Crippen LogP) is 1.38. The Morgan fingerprint density at radius 1 is 1.32 bits per heavy atom. The normalized spacial score (nSPS) is 20.5. The quantitative estimate of drug-likeness (QED) is 0.873. The fourth-order valence-electron chi connectivity index (χ4n) is 2.43. The molecule has 4 nitrogen and oxygen atoms in total. The smallest absolute Gasteiger partial charge is 0.119 e. The van der Waals surface area contributed by atoms with Gasteiger partial charge in [-0.15, -0.1) is 0 Å². The minimum Gasteiger partial charge on any atom is -0.491 e. The Labute approximate surface area is 114 Å². The van der Waals surface area contributed by atoms with Crippen molar-refractivity contribution < 1.29 is 14.6 Å². The van der Waals surface area contributed by atoms with Gasteiger partial charge in [0.1, 0.15) is 18.5 Å². The molecule has 1 heterocycles. The number of aryl methyl sites for hydroxylation is 2. The van der Waals surface area contributed by atoms with Crippen LogP contribution in [0.2, 0.25) is 0 Å². The number of morpholine rings is 1. The summed E-state index contributed by atoms with van der Waals surface area (Å²) in [7, 11) is 0. The van der Waals surface area contributed by atoms with E-state index in [0.29, 0.717) is 19.8 Å². The van der Waals surface area contributed by atoms with Crippen molar-refractivity contribution in [1.29, 1.82) is 0 Å². The number of nitrogens with zero attached hydrogens (tertiary/aromatic N) is 1. The lowest BCUT2D eigenvalue weighted by atomic mass is 10.1. The molecule has 4 heteroatoms. The first kappa shape index (κ1) is 14.3. The number of hydrogen-bond donors (Lipinski definition) is 1. The van der Waals surface area contributed by atoms with Crippen molar-refractivity contribution in [1.82, 2.24) is 4.90 Å². The second-order valence-electron chi connectivity index (χ2n) is 5.15. The van der Waals surface area contributed by atoms with Gasteiger partial charge >= 0.3 is 0 Å². The van der Waals surface area contributed by atoms with Gasteiger partial charge in [0, 0.05) is 19.6 Å². The minimum atomic E-state index is 0.0844. The Bertz CT molecular complexity index is 386. The van der Waals surface area contributed by atoms with Crippen molar-refractivity contribution in [3.8, 4) is 5.75 Å². The topological polar surface area (TPSA) is 41.9 Å². The number of aliphatic hydroxyl groups is 1. The Morgan fingerprint density at radius 2 is 2.05 bits per heavy atom. The molecule has 1 saturated heterocycles. The second kappa shape index (κ2) is 6.89. The summed E-state index contributed by atoms with van der Waals surface area (Å²) in [5, 5.41) is 8.96. The fourth-order valence-corrected chi connectivity index (χ4v) is 2.43. The van der Waals surface area contributed by atoms with Crippen molar-refractivity contribution in [2.24, 2.45) is 0 Å². The second-order valence-corrected chi connectivity index (χ2v) is 5.15. The fraction of sp³-hybridized carbons (Fsp3) is 0.600. The van der Waals surface area contributed by atoms with Crippen LogP contribution in [0, 0.1) is 13.8 Å². The van der Waals surface area contributed by atoms with Crippen molar-refractivity contribution >= 4 is 0 Å². The van der Waals surface area contributed by atoms with Crippen LogP contribution in [0.5, 0.6) is 5.75 Å². The molecule has 0 saturated carbocycles. The van der Waals surface area contributed by atoms with Crippen LogP contribution in [0.3, 0.4) is 0 Å². The Hall–Kier alpha value is -1.10. The van der Waals surface area contributed by atoms with E-state index in [1.807, 2.05) is 12.1 Å². The lowest BCUT2D eigenvalue weighted by Crippen LogP contribution is -2.45. The van der Waals surface area contributed by atoms with Gasteiger partial charge in [-0.05, 0) is 37.1 Å². The van der Waals surface area contributed by atoms with E-state index in [2.05, 4.69) is 24.8 Å². The molecule has 1 aromatic rings. The molecule has 1 N–H and O–H groups in total.